The molecule has 22 heavy (non-hydrogen) atoms. The maximum absolute atomic E-state index is 13.3. The minimum Gasteiger partial charge on any atom is -0.368 e. The fourth-order valence-electron chi connectivity index (χ4n) is 3.63. The number of rotatable bonds is 2. The first-order valence-corrected chi connectivity index (χ1v) is 7.91. The first-order valence-electron chi connectivity index (χ1n) is 7.91. The molecule has 5 nitrogen and oxygen atoms in total. The number of aromatic nitrogens is 2. The molecule has 2 N–H and O–H groups in total. The molecule has 1 atom stereocenters. The van der Waals surface area contributed by atoms with Crippen LogP contribution in [0.1, 0.15) is 44.6 Å². The molecule has 1 aliphatic heterocycles. The Morgan fingerprint density at radius 2 is 1.91 bits per heavy atom. The minimum atomic E-state index is -2.54. The van der Waals surface area contributed by atoms with Crippen LogP contribution in [-0.4, -0.2) is 21.5 Å². The predicted octanol–water partition coefficient (Wildman–Crippen LogP) is 2.11. The van der Waals surface area contributed by atoms with Gasteiger partial charge in [0.2, 0.25) is 5.92 Å². The van der Waals surface area contributed by atoms with Crippen molar-refractivity contribution in [1.82, 2.24) is 9.55 Å². The molecule has 0 aromatic carbocycles. The van der Waals surface area contributed by atoms with E-state index in [4.69, 9.17) is 0 Å². The Hall–Kier alpha value is -1.66. The maximum Gasteiger partial charge on any atom is 0.329 e. The average Bonchev–Trinajstić information content (AvgIpc) is 2.47. The molecule has 1 saturated carbocycles. The lowest BCUT2D eigenvalue weighted by Gasteiger charge is -2.37. The van der Waals surface area contributed by atoms with E-state index in [0.29, 0.717) is 37.2 Å². The van der Waals surface area contributed by atoms with Gasteiger partial charge in [-0.2, -0.15) is 0 Å². The molecule has 0 spiro atoms. The molecule has 2 heterocycles. The van der Waals surface area contributed by atoms with Gasteiger partial charge in [0, 0.05) is 25.4 Å². The number of nitrogens with one attached hydrogen (secondary N) is 2. The number of hydrogen-bond donors (Lipinski definition) is 2. The number of alkyl halides is 2. The zero-order valence-corrected chi connectivity index (χ0v) is 12.6. The van der Waals surface area contributed by atoms with Crippen LogP contribution >= 0.6 is 0 Å². The van der Waals surface area contributed by atoms with Crippen LogP contribution < -0.4 is 16.6 Å². The number of nitrogens with zero attached hydrogens (tertiary/aromatic N) is 1. The van der Waals surface area contributed by atoms with Crippen molar-refractivity contribution in [3.05, 3.63) is 26.4 Å². The van der Waals surface area contributed by atoms with Gasteiger partial charge in [-0.15, -0.1) is 0 Å². The SMILES string of the molecule is CCn1c(=O)[nH]c2c(c1=O)CC[C@H](C1CCC(F)(F)CC1)N2. The molecule has 7 heteroatoms. The Labute approximate surface area is 126 Å². The van der Waals surface area contributed by atoms with Crippen LogP contribution in [-0.2, 0) is 13.0 Å². The van der Waals surface area contributed by atoms with Crippen molar-refractivity contribution in [2.24, 2.45) is 5.92 Å². The Morgan fingerprint density at radius 3 is 2.55 bits per heavy atom. The van der Waals surface area contributed by atoms with Crippen molar-refractivity contribution in [3.63, 3.8) is 0 Å². The lowest BCUT2D eigenvalue weighted by atomic mass is 9.79. The molecule has 3 rings (SSSR count). The summed E-state index contributed by atoms with van der Waals surface area (Å²) in [5.74, 6) is -1.88. The largest absolute Gasteiger partial charge is 0.368 e. The van der Waals surface area contributed by atoms with E-state index in [1.807, 2.05) is 0 Å². The second-order valence-electron chi connectivity index (χ2n) is 6.32. The third kappa shape index (κ3) is 2.68. The van der Waals surface area contributed by atoms with Gasteiger partial charge in [0.25, 0.3) is 5.56 Å². The molecule has 0 bridgehead atoms. The zero-order valence-electron chi connectivity index (χ0n) is 12.6. The molecule has 122 valence electrons. The van der Waals surface area contributed by atoms with Crippen molar-refractivity contribution >= 4 is 5.82 Å². The van der Waals surface area contributed by atoms with Crippen molar-refractivity contribution in [1.29, 1.82) is 0 Å². The number of fused-ring (bicyclic) bond motifs is 1. The summed E-state index contributed by atoms with van der Waals surface area (Å²) in [6.07, 6.45) is 2.14. The summed E-state index contributed by atoms with van der Waals surface area (Å²) in [5.41, 5.74) is -0.0733. The van der Waals surface area contributed by atoms with Crippen LogP contribution in [0.25, 0.3) is 0 Å². The third-order valence-corrected chi connectivity index (χ3v) is 4.96. The smallest absolute Gasteiger partial charge is 0.329 e. The van der Waals surface area contributed by atoms with E-state index in [9.17, 15) is 18.4 Å². The van der Waals surface area contributed by atoms with Gasteiger partial charge in [0.15, 0.2) is 0 Å². The van der Waals surface area contributed by atoms with Crippen LogP contribution in [0.4, 0.5) is 14.6 Å². The highest BCUT2D eigenvalue weighted by Gasteiger charge is 2.38. The summed E-state index contributed by atoms with van der Waals surface area (Å²) in [7, 11) is 0. The van der Waals surface area contributed by atoms with Crippen LogP contribution in [0.5, 0.6) is 0 Å². The standard InChI is InChI=1S/C15H21F2N3O2/c1-2-20-13(21)10-3-4-11(18-12(10)19-14(20)22)9-5-7-15(16,17)8-6-9/h9,11,18H,2-8H2,1H3,(H,19,22)/t11-/m1/s1. The van der Waals surface area contributed by atoms with E-state index >= 15 is 0 Å². The highest BCUT2D eigenvalue weighted by atomic mass is 19.3. The molecule has 0 saturated heterocycles. The minimum absolute atomic E-state index is 0.0520. The summed E-state index contributed by atoms with van der Waals surface area (Å²) in [5, 5.41) is 3.21. The van der Waals surface area contributed by atoms with E-state index in [1.54, 1.807) is 6.92 Å². The number of halogens is 2. The number of hydrogen-bond acceptors (Lipinski definition) is 3. The molecule has 1 aromatic rings. The van der Waals surface area contributed by atoms with Crippen LogP contribution in [0.3, 0.4) is 0 Å². The van der Waals surface area contributed by atoms with Gasteiger partial charge < -0.3 is 5.32 Å². The van der Waals surface area contributed by atoms with Crippen molar-refractivity contribution < 1.29 is 8.78 Å². The lowest BCUT2D eigenvalue weighted by Crippen LogP contribution is -2.44. The van der Waals surface area contributed by atoms with E-state index in [2.05, 4.69) is 10.3 Å². The average molecular weight is 313 g/mol. The molecule has 1 aromatic heterocycles. The third-order valence-electron chi connectivity index (χ3n) is 4.96. The monoisotopic (exact) mass is 313 g/mol. The van der Waals surface area contributed by atoms with Gasteiger partial charge in [0.05, 0.1) is 5.56 Å². The van der Waals surface area contributed by atoms with Gasteiger partial charge in [-0.1, -0.05) is 0 Å². The van der Waals surface area contributed by atoms with Crippen molar-refractivity contribution in [3.8, 4) is 0 Å². The van der Waals surface area contributed by atoms with E-state index < -0.39 is 11.6 Å². The Kier molecular flexibility index (Phi) is 3.82. The van der Waals surface area contributed by atoms with E-state index in [1.165, 1.54) is 4.57 Å². The van der Waals surface area contributed by atoms with Crippen LogP contribution in [0, 0.1) is 5.92 Å². The van der Waals surface area contributed by atoms with Crippen LogP contribution in [0.2, 0.25) is 0 Å². The van der Waals surface area contributed by atoms with E-state index in [0.717, 1.165) is 6.42 Å². The molecular weight excluding hydrogens is 292 g/mol. The number of anilines is 1. The van der Waals surface area contributed by atoms with Gasteiger partial charge in [0.1, 0.15) is 5.82 Å². The maximum atomic E-state index is 13.3. The molecule has 0 radical (unpaired) electrons. The Balaban J connectivity index is 1.80. The first-order chi connectivity index (χ1) is 10.4. The second-order valence-corrected chi connectivity index (χ2v) is 6.32. The molecule has 1 fully saturated rings. The number of aromatic amines is 1. The van der Waals surface area contributed by atoms with Gasteiger partial charge in [-0.3, -0.25) is 14.3 Å². The highest BCUT2D eigenvalue weighted by molar-refractivity contribution is 5.46. The molecule has 1 aliphatic carbocycles. The lowest BCUT2D eigenvalue weighted by molar-refractivity contribution is -0.0478. The molecule has 0 amide bonds. The summed E-state index contributed by atoms with van der Waals surface area (Å²) in [6, 6.07) is 0.0520. The Morgan fingerprint density at radius 1 is 1.23 bits per heavy atom. The zero-order chi connectivity index (χ0) is 15.9. The molecular formula is C15H21F2N3O2. The first kappa shape index (κ1) is 15.2. The van der Waals surface area contributed by atoms with Crippen molar-refractivity contribution in [2.45, 2.75) is 64.0 Å². The topological polar surface area (TPSA) is 66.9 Å². The number of H-pyrrole nitrogens is 1. The normalized spacial score (nSPS) is 24.6. The quantitative estimate of drug-likeness (QED) is 0.879. The summed E-state index contributed by atoms with van der Waals surface area (Å²) >= 11 is 0. The van der Waals surface area contributed by atoms with Gasteiger partial charge in [-0.05, 0) is 38.5 Å². The molecule has 0 unspecified atom stereocenters. The predicted molar refractivity (Wildman–Crippen MR) is 79.6 cm³/mol. The summed E-state index contributed by atoms with van der Waals surface area (Å²) < 4.78 is 27.7. The van der Waals surface area contributed by atoms with Gasteiger partial charge >= 0.3 is 5.69 Å². The van der Waals surface area contributed by atoms with Crippen LogP contribution in [0.15, 0.2) is 9.59 Å². The second kappa shape index (κ2) is 5.52. The fourth-order valence-corrected chi connectivity index (χ4v) is 3.63. The fraction of sp³-hybridized carbons (Fsp3) is 0.733. The van der Waals surface area contributed by atoms with Crippen molar-refractivity contribution in [2.75, 3.05) is 5.32 Å². The van der Waals surface area contributed by atoms with Gasteiger partial charge in [-0.25, -0.2) is 13.6 Å². The molecule has 2 aliphatic rings. The Bertz CT molecular complexity index is 670. The summed E-state index contributed by atoms with van der Waals surface area (Å²) in [6.45, 7) is 2.09. The summed E-state index contributed by atoms with van der Waals surface area (Å²) in [4.78, 5) is 26.8. The van der Waals surface area contributed by atoms with E-state index in [-0.39, 0.29) is 30.4 Å². The highest BCUT2D eigenvalue weighted by Crippen LogP contribution is 2.39.